The second kappa shape index (κ2) is 9.78. The highest BCUT2D eigenvalue weighted by atomic mass is 32.2. The van der Waals surface area contributed by atoms with Gasteiger partial charge in [0.1, 0.15) is 0 Å². The van der Waals surface area contributed by atoms with Crippen molar-refractivity contribution in [1.29, 1.82) is 0 Å². The zero-order chi connectivity index (χ0) is 25.4. The van der Waals surface area contributed by atoms with Gasteiger partial charge in [0, 0.05) is 12.1 Å². The molecule has 0 bridgehead atoms. The monoisotopic (exact) mass is 503 g/mol. The molecule has 1 spiro atoms. The number of anilines is 1. The van der Waals surface area contributed by atoms with Crippen LogP contribution in [-0.2, 0) is 21.0 Å². The summed E-state index contributed by atoms with van der Waals surface area (Å²) in [4.78, 5) is 14.4. The highest BCUT2D eigenvalue weighted by Crippen LogP contribution is 2.46. The fourth-order valence-corrected chi connectivity index (χ4v) is 7.44. The third-order valence-electron chi connectivity index (χ3n) is 7.09. The van der Waals surface area contributed by atoms with Gasteiger partial charge in [-0.25, -0.2) is 8.42 Å². The van der Waals surface area contributed by atoms with Crippen molar-refractivity contribution in [2.24, 2.45) is 11.3 Å². The molecule has 0 unspecified atom stereocenters. The lowest BCUT2D eigenvalue weighted by molar-refractivity contribution is -0.137. The molecular formula is C24H36F3N3O3S. The Morgan fingerprint density at radius 1 is 1.09 bits per heavy atom. The number of halogens is 3. The van der Waals surface area contributed by atoms with Crippen LogP contribution in [0.15, 0.2) is 24.3 Å². The number of hydrogen-bond donors (Lipinski definition) is 1. The van der Waals surface area contributed by atoms with Gasteiger partial charge in [-0.05, 0) is 76.1 Å². The Hall–Kier alpha value is -1.65. The van der Waals surface area contributed by atoms with Crippen molar-refractivity contribution < 1.29 is 26.4 Å². The maximum Gasteiger partial charge on any atom is 0.418 e. The van der Waals surface area contributed by atoms with Crippen LogP contribution in [0, 0.1) is 11.3 Å². The first-order chi connectivity index (χ1) is 15.6. The van der Waals surface area contributed by atoms with Crippen LogP contribution in [0.2, 0.25) is 0 Å². The summed E-state index contributed by atoms with van der Waals surface area (Å²) in [7, 11) is -3.39. The van der Waals surface area contributed by atoms with Crippen LogP contribution < -0.4 is 5.32 Å². The highest BCUT2D eigenvalue weighted by molar-refractivity contribution is 7.89. The van der Waals surface area contributed by atoms with Gasteiger partial charge >= 0.3 is 6.18 Å². The van der Waals surface area contributed by atoms with Crippen LogP contribution in [0.1, 0.15) is 58.9 Å². The SMILES string of the molecule is CC(C)CS(=O)(=O)N1CC2(CCN(CC(=O)Nc3ccccc3C(F)(F)F)CC2)CCC1(C)C. The first-order valence-electron chi connectivity index (χ1n) is 11.8. The van der Waals surface area contributed by atoms with Gasteiger partial charge < -0.3 is 5.32 Å². The number of sulfonamides is 1. The minimum atomic E-state index is -4.54. The molecule has 0 radical (unpaired) electrons. The molecule has 0 atom stereocenters. The van der Waals surface area contributed by atoms with Crippen molar-refractivity contribution in [2.75, 3.05) is 37.2 Å². The number of rotatable bonds is 6. The molecule has 0 saturated carbocycles. The lowest BCUT2D eigenvalue weighted by Gasteiger charge is -2.53. The van der Waals surface area contributed by atoms with E-state index in [0.29, 0.717) is 19.6 Å². The second-order valence-electron chi connectivity index (χ2n) is 10.9. The zero-order valence-electron chi connectivity index (χ0n) is 20.4. The molecular weight excluding hydrogens is 467 g/mol. The minimum absolute atomic E-state index is 0.00310. The standard InChI is InChI=1S/C24H36F3N3O3S/c1-18(2)16-34(32,33)30-17-23(10-9-22(30,3)4)11-13-29(14-12-23)15-21(31)28-20-8-6-5-7-19(20)24(25,26)27/h5-8,18H,9-17H2,1-4H3,(H,28,31). The van der Waals surface area contributed by atoms with Gasteiger partial charge in [0.15, 0.2) is 0 Å². The molecule has 1 aromatic rings. The molecule has 2 aliphatic rings. The predicted octanol–water partition coefficient (Wildman–Crippen LogP) is 4.59. The lowest BCUT2D eigenvalue weighted by Crippen LogP contribution is -2.59. The number of para-hydroxylation sites is 1. The minimum Gasteiger partial charge on any atom is -0.324 e. The molecule has 2 saturated heterocycles. The van der Waals surface area contributed by atoms with Gasteiger partial charge in [0.2, 0.25) is 15.9 Å². The third kappa shape index (κ3) is 6.31. The number of hydrogen-bond acceptors (Lipinski definition) is 4. The number of nitrogens with zero attached hydrogens (tertiary/aromatic N) is 2. The topological polar surface area (TPSA) is 69.7 Å². The molecule has 1 aromatic carbocycles. The van der Waals surface area contributed by atoms with Crippen LogP contribution in [0.25, 0.3) is 0 Å². The van der Waals surface area contributed by atoms with E-state index in [1.54, 1.807) is 4.31 Å². The van der Waals surface area contributed by atoms with Crippen LogP contribution in [0.4, 0.5) is 18.9 Å². The van der Waals surface area contributed by atoms with Crippen molar-refractivity contribution in [2.45, 2.75) is 65.1 Å². The van der Waals surface area contributed by atoms with Gasteiger partial charge in [-0.1, -0.05) is 26.0 Å². The van der Waals surface area contributed by atoms with Gasteiger partial charge in [-0.3, -0.25) is 9.69 Å². The van der Waals surface area contributed by atoms with Gasteiger partial charge in [-0.2, -0.15) is 17.5 Å². The molecule has 2 heterocycles. The quantitative estimate of drug-likeness (QED) is 0.617. The molecule has 1 N–H and O–H groups in total. The van der Waals surface area contributed by atoms with Crippen molar-refractivity contribution >= 4 is 21.6 Å². The third-order valence-corrected chi connectivity index (χ3v) is 9.47. The second-order valence-corrected chi connectivity index (χ2v) is 12.8. The molecule has 3 rings (SSSR count). The normalized spacial score (nSPS) is 21.6. The van der Waals surface area contributed by atoms with Crippen molar-refractivity contribution in [3.8, 4) is 0 Å². The predicted molar refractivity (Wildman–Crippen MR) is 127 cm³/mol. The molecule has 1 amide bonds. The summed E-state index contributed by atoms with van der Waals surface area (Å²) in [5, 5.41) is 2.40. The Kier molecular flexibility index (Phi) is 7.75. The first kappa shape index (κ1) is 26.9. The molecule has 192 valence electrons. The molecule has 10 heteroatoms. The number of likely N-dealkylation sites (tertiary alicyclic amines) is 1. The molecule has 34 heavy (non-hydrogen) atoms. The average Bonchev–Trinajstić information content (AvgIpc) is 2.70. The van der Waals surface area contributed by atoms with Crippen molar-refractivity contribution in [3.63, 3.8) is 0 Å². The number of carbonyl (C=O) groups excluding carboxylic acids is 1. The maximum atomic E-state index is 13.2. The Morgan fingerprint density at radius 2 is 1.71 bits per heavy atom. The van der Waals surface area contributed by atoms with E-state index >= 15 is 0 Å². The van der Waals surface area contributed by atoms with E-state index in [9.17, 15) is 26.4 Å². The van der Waals surface area contributed by atoms with Gasteiger partial charge in [0.05, 0.1) is 23.5 Å². The molecule has 2 aliphatic heterocycles. The molecule has 0 aromatic heterocycles. The lowest BCUT2D eigenvalue weighted by atomic mass is 9.69. The van der Waals surface area contributed by atoms with E-state index in [0.717, 1.165) is 31.7 Å². The summed E-state index contributed by atoms with van der Waals surface area (Å²) in [5.74, 6) is -0.321. The summed E-state index contributed by atoms with van der Waals surface area (Å²) < 4.78 is 67.5. The van der Waals surface area contributed by atoms with E-state index in [-0.39, 0.29) is 29.3 Å². The number of benzene rings is 1. The fourth-order valence-electron chi connectivity index (χ4n) is 5.11. The van der Waals surface area contributed by atoms with E-state index in [1.807, 2.05) is 32.6 Å². The van der Waals surface area contributed by atoms with Crippen LogP contribution >= 0.6 is 0 Å². The smallest absolute Gasteiger partial charge is 0.324 e. The van der Waals surface area contributed by atoms with Crippen LogP contribution in [0.5, 0.6) is 0 Å². The number of nitrogens with one attached hydrogen (secondary N) is 1. The van der Waals surface area contributed by atoms with E-state index in [4.69, 9.17) is 0 Å². The molecule has 2 fully saturated rings. The maximum absolute atomic E-state index is 13.2. The fraction of sp³-hybridized carbons (Fsp3) is 0.708. The molecule has 6 nitrogen and oxygen atoms in total. The van der Waals surface area contributed by atoms with Gasteiger partial charge in [0.25, 0.3) is 0 Å². The summed E-state index contributed by atoms with van der Waals surface area (Å²) in [6.07, 6.45) is -1.34. The van der Waals surface area contributed by atoms with E-state index in [2.05, 4.69) is 5.32 Å². The Bertz CT molecular complexity index is 985. The summed E-state index contributed by atoms with van der Waals surface area (Å²) >= 11 is 0. The summed E-state index contributed by atoms with van der Waals surface area (Å²) in [6, 6.07) is 4.95. The summed E-state index contributed by atoms with van der Waals surface area (Å²) in [6.45, 7) is 9.46. The van der Waals surface area contributed by atoms with Crippen LogP contribution in [0.3, 0.4) is 0 Å². The van der Waals surface area contributed by atoms with E-state index < -0.39 is 33.2 Å². The van der Waals surface area contributed by atoms with Crippen LogP contribution in [-0.4, -0.2) is 61.0 Å². The van der Waals surface area contributed by atoms with Gasteiger partial charge in [-0.15, -0.1) is 0 Å². The Morgan fingerprint density at radius 3 is 2.29 bits per heavy atom. The number of amides is 1. The largest absolute Gasteiger partial charge is 0.418 e. The number of piperidine rings is 2. The first-order valence-corrected chi connectivity index (χ1v) is 13.4. The Balaban J connectivity index is 1.61. The highest BCUT2D eigenvalue weighted by Gasteiger charge is 2.48. The van der Waals surface area contributed by atoms with Crippen molar-refractivity contribution in [3.05, 3.63) is 29.8 Å². The average molecular weight is 504 g/mol. The summed E-state index contributed by atoms with van der Waals surface area (Å²) in [5.41, 5.74) is -1.67. The number of alkyl halides is 3. The molecule has 0 aliphatic carbocycles. The van der Waals surface area contributed by atoms with Crippen molar-refractivity contribution in [1.82, 2.24) is 9.21 Å². The van der Waals surface area contributed by atoms with E-state index in [1.165, 1.54) is 18.2 Å². The number of carbonyl (C=O) groups is 1. The Labute approximate surface area is 200 Å². The zero-order valence-corrected chi connectivity index (χ0v) is 21.2.